The minimum absolute atomic E-state index is 0.0925. The summed E-state index contributed by atoms with van der Waals surface area (Å²) in [6.45, 7) is 4.76. The molecule has 0 saturated heterocycles. The first-order valence-electron chi connectivity index (χ1n) is 24.1. The molecule has 8 nitrogen and oxygen atoms in total. The van der Waals surface area contributed by atoms with Gasteiger partial charge in [0.05, 0.1) is 19.8 Å². The van der Waals surface area contributed by atoms with Crippen LogP contribution in [0, 0.1) is 0 Å². The van der Waals surface area contributed by atoms with E-state index in [0.717, 1.165) is 83.5 Å². The monoisotopic (exact) mass is 860 g/mol. The van der Waals surface area contributed by atoms with Gasteiger partial charge in [0, 0.05) is 19.6 Å². The fourth-order valence-corrected chi connectivity index (χ4v) is 7.05. The van der Waals surface area contributed by atoms with E-state index >= 15 is 0 Å². The second-order valence-electron chi connectivity index (χ2n) is 15.6. The molecule has 2 unspecified atom stereocenters. The summed E-state index contributed by atoms with van der Waals surface area (Å²) in [6, 6.07) is 0. The molecule has 0 amide bonds. The molecule has 3 N–H and O–H groups in total. The van der Waals surface area contributed by atoms with Gasteiger partial charge in [-0.25, -0.2) is 4.57 Å². The number of ether oxygens (including phenoxy) is 2. The Bertz CT molecular complexity index is 1190. The van der Waals surface area contributed by atoms with E-state index < -0.39 is 13.9 Å². The third-order valence-electron chi connectivity index (χ3n) is 9.80. The van der Waals surface area contributed by atoms with Crippen molar-refractivity contribution in [3.05, 3.63) is 85.1 Å². The van der Waals surface area contributed by atoms with Gasteiger partial charge in [-0.1, -0.05) is 182 Å². The SMILES string of the molecule is CC/C=C\C/C=C\C/C=C\C/C=C\C/C=C\C/C=C\CCCCCCCCC(=O)OC(COCCCCCCCC/C=C\CCCCCCCC)COP(=O)(O)OCCN. The van der Waals surface area contributed by atoms with Gasteiger partial charge in [-0.15, -0.1) is 0 Å². The van der Waals surface area contributed by atoms with Gasteiger partial charge in [-0.3, -0.25) is 13.8 Å². The number of rotatable bonds is 45. The molecule has 2 atom stereocenters. The first kappa shape index (κ1) is 57.7. The molecule has 0 aliphatic rings. The zero-order chi connectivity index (χ0) is 43.7. The molecular formula is C51H90NO7P. The summed E-state index contributed by atoms with van der Waals surface area (Å²) in [6.07, 6.45) is 61.8. The average molecular weight is 860 g/mol. The van der Waals surface area contributed by atoms with Gasteiger partial charge in [0.1, 0.15) is 6.10 Å². The molecule has 0 rings (SSSR count). The number of esters is 1. The summed E-state index contributed by atoms with van der Waals surface area (Å²) < 4.78 is 33.5. The van der Waals surface area contributed by atoms with Crippen LogP contribution in [0.25, 0.3) is 0 Å². The van der Waals surface area contributed by atoms with Crippen molar-refractivity contribution in [1.29, 1.82) is 0 Å². The Morgan fingerprint density at radius 3 is 1.42 bits per heavy atom. The number of nitrogens with two attached hydrogens (primary N) is 1. The summed E-state index contributed by atoms with van der Waals surface area (Å²) >= 11 is 0. The third-order valence-corrected chi connectivity index (χ3v) is 10.8. The van der Waals surface area contributed by atoms with E-state index in [1.54, 1.807) is 0 Å². The van der Waals surface area contributed by atoms with E-state index in [9.17, 15) is 14.3 Å². The Hall–Kier alpha value is -2.32. The van der Waals surface area contributed by atoms with Crippen LogP contribution in [-0.2, 0) is 27.9 Å². The van der Waals surface area contributed by atoms with E-state index in [4.69, 9.17) is 24.3 Å². The molecule has 0 aromatic carbocycles. The summed E-state index contributed by atoms with van der Waals surface area (Å²) in [4.78, 5) is 22.6. The number of carbonyl (C=O) groups is 1. The maximum absolute atomic E-state index is 12.6. The molecule has 0 radical (unpaired) electrons. The molecule has 0 bridgehead atoms. The fraction of sp³-hybridized carbons (Fsp3) is 0.706. The summed E-state index contributed by atoms with van der Waals surface area (Å²) in [5, 5.41) is 0. The number of allylic oxidation sites excluding steroid dienone is 14. The summed E-state index contributed by atoms with van der Waals surface area (Å²) in [7, 11) is -4.29. The predicted molar refractivity (Wildman–Crippen MR) is 256 cm³/mol. The smallest absolute Gasteiger partial charge is 0.457 e. The highest BCUT2D eigenvalue weighted by atomic mass is 31.2. The van der Waals surface area contributed by atoms with Crippen molar-refractivity contribution < 1.29 is 32.8 Å². The lowest BCUT2D eigenvalue weighted by molar-refractivity contribution is -0.154. The topological polar surface area (TPSA) is 117 Å². The van der Waals surface area contributed by atoms with E-state index in [-0.39, 0.29) is 32.3 Å². The Morgan fingerprint density at radius 1 is 0.517 bits per heavy atom. The molecule has 0 aromatic rings. The predicted octanol–water partition coefficient (Wildman–Crippen LogP) is 14.9. The maximum atomic E-state index is 12.6. The van der Waals surface area contributed by atoms with Crippen LogP contribution in [0.15, 0.2) is 85.1 Å². The lowest BCUT2D eigenvalue weighted by Gasteiger charge is -2.20. The first-order valence-corrected chi connectivity index (χ1v) is 25.6. The van der Waals surface area contributed by atoms with Crippen LogP contribution in [0.4, 0.5) is 0 Å². The molecule has 0 spiro atoms. The number of hydrogen-bond donors (Lipinski definition) is 2. The van der Waals surface area contributed by atoms with Gasteiger partial charge in [0.15, 0.2) is 0 Å². The number of unbranched alkanes of at least 4 members (excludes halogenated alkanes) is 18. The van der Waals surface area contributed by atoms with Crippen molar-refractivity contribution in [2.75, 3.05) is 33.0 Å². The van der Waals surface area contributed by atoms with Crippen LogP contribution < -0.4 is 5.73 Å². The highest BCUT2D eigenvalue weighted by molar-refractivity contribution is 7.47. The minimum Gasteiger partial charge on any atom is -0.457 e. The lowest BCUT2D eigenvalue weighted by atomic mass is 10.1. The fourth-order valence-electron chi connectivity index (χ4n) is 6.29. The minimum atomic E-state index is -4.29. The van der Waals surface area contributed by atoms with Crippen molar-refractivity contribution in [3.63, 3.8) is 0 Å². The van der Waals surface area contributed by atoms with E-state index in [1.807, 2.05) is 0 Å². The molecule has 60 heavy (non-hydrogen) atoms. The molecule has 0 saturated carbocycles. The molecule has 0 fully saturated rings. The number of phosphoric ester groups is 1. The van der Waals surface area contributed by atoms with Gasteiger partial charge in [-0.05, 0) is 89.9 Å². The highest BCUT2D eigenvalue weighted by Crippen LogP contribution is 2.43. The Morgan fingerprint density at radius 2 is 0.933 bits per heavy atom. The summed E-state index contributed by atoms with van der Waals surface area (Å²) in [5.74, 6) is -0.349. The molecule has 9 heteroatoms. The van der Waals surface area contributed by atoms with Crippen molar-refractivity contribution in [2.45, 2.75) is 200 Å². The molecule has 0 aliphatic carbocycles. The highest BCUT2D eigenvalue weighted by Gasteiger charge is 2.25. The number of hydrogen-bond acceptors (Lipinski definition) is 7. The van der Waals surface area contributed by atoms with Gasteiger partial charge in [0.25, 0.3) is 0 Å². The van der Waals surface area contributed by atoms with Crippen molar-refractivity contribution in [2.24, 2.45) is 5.73 Å². The first-order chi connectivity index (χ1) is 29.4. The number of phosphoric acid groups is 1. The third kappa shape index (κ3) is 46.7. The van der Waals surface area contributed by atoms with Crippen molar-refractivity contribution >= 4 is 13.8 Å². The quantitative estimate of drug-likeness (QED) is 0.0269. The largest absolute Gasteiger partial charge is 0.472 e. The number of carbonyl (C=O) groups excluding carboxylic acids is 1. The van der Waals surface area contributed by atoms with E-state index in [2.05, 4.69) is 98.9 Å². The lowest BCUT2D eigenvalue weighted by Crippen LogP contribution is -2.28. The van der Waals surface area contributed by atoms with Crippen LogP contribution in [0.2, 0.25) is 0 Å². The van der Waals surface area contributed by atoms with Crippen LogP contribution in [0.3, 0.4) is 0 Å². The van der Waals surface area contributed by atoms with Crippen LogP contribution in [-0.4, -0.2) is 49.9 Å². The van der Waals surface area contributed by atoms with Gasteiger partial charge < -0.3 is 20.1 Å². The van der Waals surface area contributed by atoms with Gasteiger partial charge in [0.2, 0.25) is 0 Å². The normalized spacial score (nSPS) is 14.1. The molecule has 0 aliphatic heterocycles. The van der Waals surface area contributed by atoms with Gasteiger partial charge in [-0.2, -0.15) is 0 Å². The maximum Gasteiger partial charge on any atom is 0.472 e. The van der Waals surface area contributed by atoms with Crippen LogP contribution in [0.1, 0.15) is 194 Å². The van der Waals surface area contributed by atoms with Crippen molar-refractivity contribution in [1.82, 2.24) is 0 Å². The summed E-state index contributed by atoms with van der Waals surface area (Å²) in [5.41, 5.74) is 5.38. The van der Waals surface area contributed by atoms with Gasteiger partial charge >= 0.3 is 13.8 Å². The van der Waals surface area contributed by atoms with E-state index in [1.165, 1.54) is 89.9 Å². The van der Waals surface area contributed by atoms with Crippen LogP contribution >= 0.6 is 7.82 Å². The standard InChI is InChI=1S/C51H90NO7P/c1-3-5-7-9-11-13-15-17-19-21-22-23-24-25-26-27-28-29-30-32-34-36-38-40-42-44-51(53)59-50(49-58-60(54,55)57-47-45-52)48-56-46-43-41-39-37-35-33-31-20-18-16-14-12-10-8-6-4-2/h5,7,11,13,17-20,22-23,25-26,28-29,50H,3-4,6,8-10,12,14-16,21,24,27,30-49,52H2,1-2H3,(H,54,55)/b7-5-,13-11-,19-17-,20-18-,23-22-,26-25-,29-28-. The zero-order valence-electron chi connectivity index (χ0n) is 38.4. The van der Waals surface area contributed by atoms with E-state index in [0.29, 0.717) is 13.0 Å². The van der Waals surface area contributed by atoms with Crippen molar-refractivity contribution in [3.8, 4) is 0 Å². The average Bonchev–Trinajstić information content (AvgIpc) is 3.24. The Kier molecular flexibility index (Phi) is 45.9. The molecule has 0 aromatic heterocycles. The zero-order valence-corrected chi connectivity index (χ0v) is 39.3. The Balaban J connectivity index is 4.05. The molecular weight excluding hydrogens is 770 g/mol. The second kappa shape index (κ2) is 47.7. The second-order valence-corrected chi connectivity index (χ2v) is 17.0. The van der Waals surface area contributed by atoms with Crippen LogP contribution in [0.5, 0.6) is 0 Å². The Labute approximate surface area is 368 Å². The molecule has 346 valence electrons. The molecule has 0 heterocycles.